The SMILES string of the molecule is CCSc1nnc(NC(=O)c2sc3nc(N)c(C#N)cc3c2N)s1. The summed E-state index contributed by atoms with van der Waals surface area (Å²) in [5.74, 6) is 0.598. The highest BCUT2D eigenvalue weighted by Crippen LogP contribution is 2.35. The fourth-order valence-electron chi connectivity index (χ4n) is 1.91. The van der Waals surface area contributed by atoms with Crippen molar-refractivity contribution < 1.29 is 4.79 Å². The van der Waals surface area contributed by atoms with E-state index in [1.165, 1.54) is 11.3 Å². The number of nitrogens with one attached hydrogen (secondary N) is 1. The summed E-state index contributed by atoms with van der Waals surface area (Å²) in [5, 5.41) is 20.5. The fraction of sp³-hybridized carbons (Fsp3) is 0.154. The van der Waals surface area contributed by atoms with Gasteiger partial charge in [-0.3, -0.25) is 10.1 Å². The molecule has 0 aromatic carbocycles. The Balaban J connectivity index is 1.92. The molecule has 1 amide bonds. The summed E-state index contributed by atoms with van der Waals surface area (Å²) in [7, 11) is 0. The standard InChI is InChI=1S/C13H11N7OS3/c1-2-22-13-20-19-12(24-13)18-10(21)8-7(15)6-3-5(4-14)9(16)17-11(6)23-8/h3H,2,15H2,1H3,(H2,16,17)(H,18,19,21). The summed E-state index contributed by atoms with van der Waals surface area (Å²) in [4.78, 5) is 17.4. The topological polar surface area (TPSA) is 144 Å². The zero-order valence-corrected chi connectivity index (χ0v) is 14.8. The molecule has 5 N–H and O–H groups in total. The van der Waals surface area contributed by atoms with Crippen molar-refractivity contribution in [2.75, 3.05) is 22.5 Å². The second-order valence-electron chi connectivity index (χ2n) is 4.49. The van der Waals surface area contributed by atoms with Crippen molar-refractivity contribution in [2.45, 2.75) is 11.3 Å². The first-order valence-electron chi connectivity index (χ1n) is 6.69. The Morgan fingerprint density at radius 1 is 1.42 bits per heavy atom. The molecule has 11 heteroatoms. The van der Waals surface area contributed by atoms with Gasteiger partial charge in [-0.1, -0.05) is 30.0 Å². The van der Waals surface area contributed by atoms with Gasteiger partial charge in [0, 0.05) is 5.39 Å². The molecule has 3 aromatic rings. The molecular formula is C13H11N7OS3. The third-order valence-electron chi connectivity index (χ3n) is 2.97. The van der Waals surface area contributed by atoms with Crippen molar-refractivity contribution in [3.8, 4) is 6.07 Å². The molecule has 0 saturated carbocycles. The second-order valence-corrected chi connectivity index (χ2v) is 7.98. The van der Waals surface area contributed by atoms with Crippen molar-refractivity contribution in [2.24, 2.45) is 0 Å². The molecule has 0 bridgehead atoms. The van der Waals surface area contributed by atoms with Crippen molar-refractivity contribution >= 4 is 67.2 Å². The average molecular weight is 377 g/mol. The minimum Gasteiger partial charge on any atom is -0.397 e. The van der Waals surface area contributed by atoms with Crippen LogP contribution in [0.2, 0.25) is 0 Å². The van der Waals surface area contributed by atoms with Crippen molar-refractivity contribution in [1.82, 2.24) is 15.2 Å². The number of amides is 1. The predicted molar refractivity (Wildman–Crippen MR) is 97.4 cm³/mol. The maximum Gasteiger partial charge on any atom is 0.269 e. The van der Waals surface area contributed by atoms with E-state index in [9.17, 15) is 4.79 Å². The van der Waals surface area contributed by atoms with E-state index in [-0.39, 0.29) is 17.1 Å². The molecule has 0 unspecified atom stereocenters. The number of nitriles is 1. The van der Waals surface area contributed by atoms with Gasteiger partial charge in [0.25, 0.3) is 5.91 Å². The van der Waals surface area contributed by atoms with Crippen LogP contribution in [-0.4, -0.2) is 26.8 Å². The molecule has 122 valence electrons. The first-order chi connectivity index (χ1) is 11.5. The number of nitrogens with zero attached hydrogens (tertiary/aromatic N) is 4. The van der Waals surface area contributed by atoms with Gasteiger partial charge in [0.05, 0.1) is 11.3 Å². The van der Waals surface area contributed by atoms with E-state index in [1.54, 1.807) is 17.8 Å². The lowest BCUT2D eigenvalue weighted by molar-refractivity contribution is 0.103. The Morgan fingerprint density at radius 2 is 2.21 bits per heavy atom. The average Bonchev–Trinajstić information content (AvgIpc) is 3.11. The molecule has 3 heterocycles. The Labute approximate surface area is 148 Å². The lowest BCUT2D eigenvalue weighted by Crippen LogP contribution is -2.11. The summed E-state index contributed by atoms with van der Waals surface area (Å²) in [6, 6.07) is 3.49. The van der Waals surface area contributed by atoms with E-state index in [1.807, 2.05) is 13.0 Å². The van der Waals surface area contributed by atoms with Crippen LogP contribution in [-0.2, 0) is 0 Å². The van der Waals surface area contributed by atoms with Crippen LogP contribution in [0.3, 0.4) is 0 Å². The summed E-state index contributed by atoms with van der Waals surface area (Å²) in [6.07, 6.45) is 0. The number of fused-ring (bicyclic) bond motifs is 1. The van der Waals surface area contributed by atoms with E-state index in [0.717, 1.165) is 21.4 Å². The number of thioether (sulfide) groups is 1. The number of thiophene rings is 1. The van der Waals surface area contributed by atoms with Crippen LogP contribution in [0.15, 0.2) is 10.4 Å². The van der Waals surface area contributed by atoms with Crippen LogP contribution >= 0.6 is 34.4 Å². The number of carbonyl (C=O) groups is 1. The Morgan fingerprint density at radius 3 is 2.92 bits per heavy atom. The van der Waals surface area contributed by atoms with E-state index in [2.05, 4.69) is 20.5 Å². The van der Waals surface area contributed by atoms with E-state index >= 15 is 0 Å². The number of pyridine rings is 1. The van der Waals surface area contributed by atoms with Crippen molar-refractivity contribution in [3.63, 3.8) is 0 Å². The Kier molecular flexibility index (Phi) is 4.52. The number of anilines is 3. The maximum absolute atomic E-state index is 12.4. The van der Waals surface area contributed by atoms with Gasteiger partial charge in [-0.25, -0.2) is 4.98 Å². The normalized spacial score (nSPS) is 10.7. The molecule has 0 aliphatic heterocycles. The monoisotopic (exact) mass is 377 g/mol. The number of nitrogens with two attached hydrogens (primary N) is 2. The molecule has 8 nitrogen and oxygen atoms in total. The molecule has 0 atom stereocenters. The molecule has 0 saturated heterocycles. The summed E-state index contributed by atoms with van der Waals surface area (Å²) in [5.41, 5.74) is 12.2. The third-order valence-corrected chi connectivity index (χ3v) is 5.94. The van der Waals surface area contributed by atoms with E-state index in [4.69, 9.17) is 16.7 Å². The first kappa shape index (κ1) is 16.4. The quantitative estimate of drug-likeness (QED) is 0.465. The third kappa shape index (κ3) is 2.99. The minimum atomic E-state index is -0.392. The summed E-state index contributed by atoms with van der Waals surface area (Å²) >= 11 is 3.96. The van der Waals surface area contributed by atoms with Crippen LogP contribution in [0.25, 0.3) is 10.2 Å². The zero-order chi connectivity index (χ0) is 17.3. The number of aromatic nitrogens is 3. The smallest absolute Gasteiger partial charge is 0.269 e. The van der Waals surface area contributed by atoms with Gasteiger partial charge in [0.15, 0.2) is 4.34 Å². The van der Waals surface area contributed by atoms with Gasteiger partial charge in [-0.15, -0.1) is 21.5 Å². The molecule has 0 aliphatic carbocycles. The van der Waals surface area contributed by atoms with Gasteiger partial charge in [0.1, 0.15) is 21.6 Å². The Hall–Kier alpha value is -2.42. The highest BCUT2D eigenvalue weighted by atomic mass is 32.2. The largest absolute Gasteiger partial charge is 0.397 e. The Bertz CT molecular complexity index is 972. The minimum absolute atomic E-state index is 0.114. The highest BCUT2D eigenvalue weighted by Gasteiger charge is 2.20. The highest BCUT2D eigenvalue weighted by molar-refractivity contribution is 8.01. The van der Waals surface area contributed by atoms with Gasteiger partial charge < -0.3 is 11.5 Å². The molecule has 3 rings (SSSR count). The van der Waals surface area contributed by atoms with Crippen LogP contribution in [0.4, 0.5) is 16.6 Å². The van der Waals surface area contributed by atoms with Crippen LogP contribution < -0.4 is 16.8 Å². The lowest BCUT2D eigenvalue weighted by Gasteiger charge is -1.99. The van der Waals surface area contributed by atoms with Crippen LogP contribution in [0.1, 0.15) is 22.2 Å². The fourth-order valence-corrected chi connectivity index (χ4v) is 4.53. The molecular weight excluding hydrogens is 366 g/mol. The molecule has 0 fully saturated rings. The van der Waals surface area contributed by atoms with Gasteiger partial charge >= 0.3 is 0 Å². The molecule has 0 aliphatic rings. The number of hydrogen-bond acceptors (Lipinski definition) is 10. The van der Waals surface area contributed by atoms with Crippen molar-refractivity contribution in [3.05, 3.63) is 16.5 Å². The zero-order valence-electron chi connectivity index (χ0n) is 12.4. The van der Waals surface area contributed by atoms with Gasteiger partial charge in [-0.05, 0) is 11.8 Å². The van der Waals surface area contributed by atoms with Gasteiger partial charge in [-0.2, -0.15) is 5.26 Å². The molecule has 24 heavy (non-hydrogen) atoms. The van der Waals surface area contributed by atoms with Gasteiger partial charge in [0.2, 0.25) is 5.13 Å². The van der Waals surface area contributed by atoms with Crippen LogP contribution in [0.5, 0.6) is 0 Å². The van der Waals surface area contributed by atoms with Crippen LogP contribution in [0, 0.1) is 11.3 Å². The number of hydrogen-bond donors (Lipinski definition) is 3. The molecule has 0 radical (unpaired) electrons. The maximum atomic E-state index is 12.4. The summed E-state index contributed by atoms with van der Waals surface area (Å²) in [6.45, 7) is 2.01. The summed E-state index contributed by atoms with van der Waals surface area (Å²) < 4.78 is 0.783. The lowest BCUT2D eigenvalue weighted by atomic mass is 10.2. The second kappa shape index (κ2) is 6.60. The number of carbonyl (C=O) groups excluding carboxylic acids is 1. The van der Waals surface area contributed by atoms with E-state index in [0.29, 0.717) is 20.2 Å². The number of nitrogen functional groups attached to an aromatic ring is 2. The van der Waals surface area contributed by atoms with Crippen molar-refractivity contribution in [1.29, 1.82) is 5.26 Å². The molecule has 3 aromatic heterocycles. The molecule has 0 spiro atoms. The predicted octanol–water partition coefficient (Wildman–Crippen LogP) is 2.55. The number of rotatable bonds is 4. The van der Waals surface area contributed by atoms with E-state index < -0.39 is 5.91 Å². The first-order valence-corrected chi connectivity index (χ1v) is 9.31.